The second-order valence-electron chi connectivity index (χ2n) is 5.36. The van der Waals surface area contributed by atoms with Crippen LogP contribution >= 0.6 is 15.9 Å². The number of rotatable bonds is 8. The highest BCUT2D eigenvalue weighted by atomic mass is 79.9. The summed E-state index contributed by atoms with van der Waals surface area (Å²) >= 11 is 3.36. The summed E-state index contributed by atoms with van der Waals surface area (Å²) in [4.78, 5) is 24.7. The van der Waals surface area contributed by atoms with E-state index in [0.29, 0.717) is 42.3 Å². The molecule has 0 aliphatic carbocycles. The van der Waals surface area contributed by atoms with E-state index >= 15 is 0 Å². The van der Waals surface area contributed by atoms with Crippen LogP contribution in [-0.4, -0.2) is 38.7 Å². The molecular formula is C19H21BrN2O4. The molecular weight excluding hydrogens is 400 g/mol. The van der Waals surface area contributed by atoms with Crippen molar-refractivity contribution in [2.45, 2.75) is 6.92 Å². The molecule has 0 atom stereocenters. The predicted octanol–water partition coefficient (Wildman–Crippen LogP) is 3.48. The first-order valence-corrected chi connectivity index (χ1v) is 8.95. The molecule has 6 nitrogen and oxygen atoms in total. The van der Waals surface area contributed by atoms with Crippen LogP contribution in [0.5, 0.6) is 5.75 Å². The average molecular weight is 421 g/mol. The van der Waals surface area contributed by atoms with Crippen LogP contribution in [0, 0.1) is 0 Å². The van der Waals surface area contributed by atoms with Crippen LogP contribution in [0.1, 0.15) is 27.6 Å². The Kier molecular flexibility index (Phi) is 7.62. The zero-order valence-corrected chi connectivity index (χ0v) is 16.3. The lowest BCUT2D eigenvalue weighted by molar-refractivity contribution is 0.0936. The van der Waals surface area contributed by atoms with Gasteiger partial charge in [-0.15, -0.1) is 0 Å². The van der Waals surface area contributed by atoms with Crippen LogP contribution in [0.2, 0.25) is 0 Å². The average Bonchev–Trinajstić information content (AvgIpc) is 2.63. The third-order valence-electron chi connectivity index (χ3n) is 3.46. The van der Waals surface area contributed by atoms with Crippen molar-refractivity contribution >= 4 is 33.4 Å². The number of carbonyl (C=O) groups is 2. The molecule has 0 heterocycles. The lowest BCUT2D eigenvalue weighted by Crippen LogP contribution is -2.27. The van der Waals surface area contributed by atoms with Gasteiger partial charge in [-0.2, -0.15) is 0 Å². The Hall–Kier alpha value is -2.38. The van der Waals surface area contributed by atoms with Gasteiger partial charge in [0.25, 0.3) is 11.8 Å². The molecule has 0 fully saturated rings. The van der Waals surface area contributed by atoms with E-state index in [4.69, 9.17) is 9.47 Å². The lowest BCUT2D eigenvalue weighted by atomic mass is 10.1. The largest absolute Gasteiger partial charge is 0.493 e. The molecule has 0 aliphatic rings. The lowest BCUT2D eigenvalue weighted by Gasteiger charge is -2.12. The Balaban J connectivity index is 2.13. The van der Waals surface area contributed by atoms with E-state index in [9.17, 15) is 9.59 Å². The first-order chi connectivity index (χ1) is 12.5. The van der Waals surface area contributed by atoms with E-state index in [2.05, 4.69) is 26.6 Å². The summed E-state index contributed by atoms with van der Waals surface area (Å²) in [6.45, 7) is 3.17. The molecule has 0 unspecified atom stereocenters. The Morgan fingerprint density at radius 2 is 1.92 bits per heavy atom. The molecule has 0 spiro atoms. The van der Waals surface area contributed by atoms with Crippen molar-refractivity contribution in [2.75, 3.05) is 32.2 Å². The smallest absolute Gasteiger partial charge is 0.259 e. The zero-order valence-electron chi connectivity index (χ0n) is 14.7. The van der Waals surface area contributed by atoms with Crippen LogP contribution in [0.3, 0.4) is 0 Å². The summed E-state index contributed by atoms with van der Waals surface area (Å²) in [7, 11) is 1.57. The normalized spacial score (nSPS) is 10.3. The molecule has 0 saturated heterocycles. The summed E-state index contributed by atoms with van der Waals surface area (Å²) < 4.78 is 11.2. The summed E-state index contributed by atoms with van der Waals surface area (Å²) in [6.07, 6.45) is 0. The summed E-state index contributed by atoms with van der Waals surface area (Å²) in [5.74, 6) is -0.0380. The van der Waals surface area contributed by atoms with Crippen molar-refractivity contribution in [2.24, 2.45) is 0 Å². The molecule has 2 aromatic rings. The van der Waals surface area contributed by atoms with Crippen LogP contribution in [0.25, 0.3) is 0 Å². The van der Waals surface area contributed by atoms with Crippen LogP contribution in [-0.2, 0) is 4.74 Å². The molecule has 0 saturated carbocycles. The van der Waals surface area contributed by atoms with Gasteiger partial charge in [0.1, 0.15) is 5.75 Å². The molecule has 7 heteroatoms. The standard InChI is InChI=1S/C19H21BrN2O4/c1-3-26-17-8-7-14(20)12-16(17)19(24)22-15-6-4-5-13(11-15)18(23)21-9-10-25-2/h4-8,11-12H,3,9-10H2,1-2H3,(H,21,23)(H,22,24). The van der Waals surface area contributed by atoms with E-state index in [1.54, 1.807) is 43.5 Å². The van der Waals surface area contributed by atoms with Gasteiger partial charge in [-0.05, 0) is 43.3 Å². The van der Waals surface area contributed by atoms with E-state index in [1.807, 2.05) is 13.0 Å². The van der Waals surface area contributed by atoms with Crippen molar-refractivity contribution in [3.8, 4) is 5.75 Å². The summed E-state index contributed by atoms with van der Waals surface area (Å²) in [5, 5.41) is 5.54. The van der Waals surface area contributed by atoms with Gasteiger partial charge >= 0.3 is 0 Å². The maximum atomic E-state index is 12.6. The number of carbonyl (C=O) groups excluding carboxylic acids is 2. The number of amides is 2. The monoisotopic (exact) mass is 420 g/mol. The van der Waals surface area contributed by atoms with E-state index in [0.717, 1.165) is 4.47 Å². The Morgan fingerprint density at radius 3 is 2.65 bits per heavy atom. The fourth-order valence-electron chi connectivity index (χ4n) is 2.27. The number of hydrogen-bond donors (Lipinski definition) is 2. The molecule has 2 N–H and O–H groups in total. The first kappa shape index (κ1) is 19.9. The fourth-order valence-corrected chi connectivity index (χ4v) is 2.63. The topological polar surface area (TPSA) is 76.7 Å². The van der Waals surface area contributed by atoms with Crippen molar-refractivity contribution in [3.63, 3.8) is 0 Å². The molecule has 0 bridgehead atoms. The van der Waals surface area contributed by atoms with Crippen molar-refractivity contribution in [1.29, 1.82) is 0 Å². The van der Waals surface area contributed by atoms with Crippen molar-refractivity contribution < 1.29 is 19.1 Å². The molecule has 0 radical (unpaired) electrons. The molecule has 138 valence electrons. The van der Waals surface area contributed by atoms with Crippen LogP contribution in [0.15, 0.2) is 46.9 Å². The Labute approximate surface area is 161 Å². The highest BCUT2D eigenvalue weighted by molar-refractivity contribution is 9.10. The maximum absolute atomic E-state index is 12.6. The fraction of sp³-hybridized carbons (Fsp3) is 0.263. The summed E-state index contributed by atoms with van der Waals surface area (Å²) in [5.41, 5.74) is 1.39. The maximum Gasteiger partial charge on any atom is 0.259 e. The Bertz CT molecular complexity index is 780. The molecule has 2 amide bonds. The number of halogens is 1. The van der Waals surface area contributed by atoms with Gasteiger partial charge in [-0.3, -0.25) is 9.59 Å². The molecule has 2 rings (SSSR count). The molecule has 2 aromatic carbocycles. The molecule has 26 heavy (non-hydrogen) atoms. The predicted molar refractivity (Wildman–Crippen MR) is 104 cm³/mol. The van der Waals surface area contributed by atoms with Gasteiger partial charge in [0.05, 0.1) is 18.8 Å². The minimum atomic E-state index is -0.313. The molecule has 0 aromatic heterocycles. The number of nitrogens with one attached hydrogen (secondary N) is 2. The van der Waals surface area contributed by atoms with Gasteiger partial charge in [0, 0.05) is 29.4 Å². The van der Waals surface area contributed by atoms with Crippen molar-refractivity contribution in [1.82, 2.24) is 5.32 Å². The third-order valence-corrected chi connectivity index (χ3v) is 3.95. The van der Waals surface area contributed by atoms with Gasteiger partial charge in [0.15, 0.2) is 0 Å². The number of ether oxygens (including phenoxy) is 2. The number of benzene rings is 2. The first-order valence-electron chi connectivity index (χ1n) is 8.16. The summed E-state index contributed by atoms with van der Waals surface area (Å²) in [6, 6.07) is 12.0. The minimum absolute atomic E-state index is 0.226. The van der Waals surface area contributed by atoms with E-state index < -0.39 is 0 Å². The zero-order chi connectivity index (χ0) is 18.9. The highest BCUT2D eigenvalue weighted by Gasteiger charge is 2.14. The highest BCUT2D eigenvalue weighted by Crippen LogP contribution is 2.24. The number of methoxy groups -OCH3 is 1. The number of hydrogen-bond acceptors (Lipinski definition) is 4. The van der Waals surface area contributed by atoms with Gasteiger partial charge in [-0.25, -0.2) is 0 Å². The second-order valence-corrected chi connectivity index (χ2v) is 6.27. The second kappa shape index (κ2) is 9.94. The van der Waals surface area contributed by atoms with Gasteiger partial charge in [-0.1, -0.05) is 22.0 Å². The Morgan fingerprint density at radius 1 is 1.12 bits per heavy atom. The molecule has 0 aliphatic heterocycles. The minimum Gasteiger partial charge on any atom is -0.493 e. The van der Waals surface area contributed by atoms with Crippen LogP contribution < -0.4 is 15.4 Å². The SMILES string of the molecule is CCOc1ccc(Br)cc1C(=O)Nc1cccc(C(=O)NCCOC)c1. The van der Waals surface area contributed by atoms with Crippen molar-refractivity contribution in [3.05, 3.63) is 58.1 Å². The third kappa shape index (κ3) is 5.57. The van der Waals surface area contributed by atoms with Crippen LogP contribution in [0.4, 0.5) is 5.69 Å². The van der Waals surface area contributed by atoms with E-state index in [-0.39, 0.29) is 11.8 Å². The van der Waals surface area contributed by atoms with E-state index in [1.165, 1.54) is 0 Å². The number of anilines is 1. The van der Waals surface area contributed by atoms with Gasteiger partial charge < -0.3 is 20.1 Å². The van der Waals surface area contributed by atoms with Gasteiger partial charge in [0.2, 0.25) is 0 Å². The quantitative estimate of drug-likeness (QED) is 0.640.